The van der Waals surface area contributed by atoms with E-state index in [4.69, 9.17) is 11.6 Å². The number of nitrogens with zero attached hydrogens (tertiary/aromatic N) is 2. The maximum absolute atomic E-state index is 12.2. The molecule has 2 heterocycles. The van der Waals surface area contributed by atoms with Crippen molar-refractivity contribution in [2.75, 3.05) is 11.5 Å². The topological polar surface area (TPSA) is 52.0 Å². The third-order valence-corrected chi connectivity index (χ3v) is 5.75. The van der Waals surface area contributed by atoms with E-state index in [1.54, 1.807) is 43.1 Å². The van der Waals surface area contributed by atoms with Gasteiger partial charge < -0.3 is 0 Å². The van der Waals surface area contributed by atoms with Crippen LogP contribution >= 0.6 is 35.1 Å². The Morgan fingerprint density at radius 3 is 2.86 bits per heavy atom. The van der Waals surface area contributed by atoms with E-state index in [1.807, 2.05) is 0 Å². The van der Waals surface area contributed by atoms with Gasteiger partial charge in [0.1, 0.15) is 0 Å². The number of halogens is 1. The van der Waals surface area contributed by atoms with E-state index < -0.39 is 0 Å². The van der Waals surface area contributed by atoms with Crippen LogP contribution in [0.25, 0.3) is 0 Å². The SMILES string of the molecule is Cn1c(SCC(=O)c2ccc(Cl)cc2)nc2c(c1=O)SCC2. The van der Waals surface area contributed by atoms with Crippen molar-refractivity contribution in [1.82, 2.24) is 9.55 Å². The van der Waals surface area contributed by atoms with Gasteiger partial charge in [0, 0.05) is 29.8 Å². The number of benzene rings is 1. The molecule has 0 N–H and O–H groups in total. The molecule has 0 saturated carbocycles. The minimum absolute atomic E-state index is 0.00853. The van der Waals surface area contributed by atoms with Gasteiger partial charge in [-0.25, -0.2) is 4.98 Å². The Hall–Kier alpha value is -1.24. The molecule has 0 fully saturated rings. The zero-order chi connectivity index (χ0) is 15.7. The van der Waals surface area contributed by atoms with Gasteiger partial charge in [-0.1, -0.05) is 23.4 Å². The highest BCUT2D eigenvalue weighted by Gasteiger charge is 2.20. The monoisotopic (exact) mass is 352 g/mol. The molecule has 0 unspecified atom stereocenters. The molecule has 0 aliphatic carbocycles. The number of carbonyl (C=O) groups excluding carboxylic acids is 1. The molecular weight excluding hydrogens is 340 g/mol. The van der Waals surface area contributed by atoms with Gasteiger partial charge in [-0.15, -0.1) is 11.8 Å². The lowest BCUT2D eigenvalue weighted by Crippen LogP contribution is -2.22. The third-order valence-electron chi connectivity index (χ3n) is 3.36. The Morgan fingerprint density at radius 2 is 2.14 bits per heavy atom. The summed E-state index contributed by atoms with van der Waals surface area (Å²) < 4.78 is 1.52. The van der Waals surface area contributed by atoms with E-state index in [0.29, 0.717) is 15.7 Å². The van der Waals surface area contributed by atoms with Gasteiger partial charge in [0.25, 0.3) is 5.56 Å². The second kappa shape index (κ2) is 6.48. The number of hydrogen-bond acceptors (Lipinski definition) is 5. The Morgan fingerprint density at radius 1 is 1.41 bits per heavy atom. The quantitative estimate of drug-likeness (QED) is 0.481. The fourth-order valence-electron chi connectivity index (χ4n) is 2.15. The molecule has 1 aliphatic heterocycles. The largest absolute Gasteiger partial charge is 0.293 e. The van der Waals surface area contributed by atoms with Crippen molar-refractivity contribution in [2.24, 2.45) is 7.05 Å². The Balaban J connectivity index is 1.77. The van der Waals surface area contributed by atoms with Crippen LogP contribution in [-0.4, -0.2) is 26.8 Å². The molecule has 0 radical (unpaired) electrons. The summed E-state index contributed by atoms with van der Waals surface area (Å²) in [4.78, 5) is 29.7. The van der Waals surface area contributed by atoms with Gasteiger partial charge in [-0.2, -0.15) is 0 Å². The van der Waals surface area contributed by atoms with Crippen LogP contribution in [0.15, 0.2) is 39.1 Å². The van der Waals surface area contributed by atoms with E-state index in [2.05, 4.69) is 4.98 Å². The number of Topliss-reactive ketones (excluding diaryl/α,β-unsaturated/α-hetero) is 1. The van der Waals surface area contributed by atoms with Gasteiger partial charge in [0.05, 0.1) is 16.3 Å². The summed E-state index contributed by atoms with van der Waals surface area (Å²) in [5.74, 6) is 1.13. The molecule has 1 aliphatic rings. The van der Waals surface area contributed by atoms with Crippen LogP contribution in [-0.2, 0) is 13.5 Å². The van der Waals surface area contributed by atoms with Crippen LogP contribution in [0.2, 0.25) is 5.02 Å². The zero-order valence-corrected chi connectivity index (χ0v) is 14.2. The number of aryl methyl sites for hydroxylation is 1. The normalized spacial score (nSPS) is 13.2. The average Bonchev–Trinajstić information content (AvgIpc) is 2.98. The first-order valence-electron chi connectivity index (χ1n) is 6.70. The smallest absolute Gasteiger partial charge is 0.267 e. The number of fused-ring (bicyclic) bond motifs is 1. The van der Waals surface area contributed by atoms with Crippen LogP contribution in [0.3, 0.4) is 0 Å². The molecule has 0 bridgehead atoms. The first-order chi connectivity index (χ1) is 10.6. The predicted molar refractivity (Wildman–Crippen MR) is 90.4 cm³/mol. The van der Waals surface area contributed by atoms with Crippen LogP contribution in [0, 0.1) is 0 Å². The molecule has 0 spiro atoms. The van der Waals surface area contributed by atoms with Crippen molar-refractivity contribution in [1.29, 1.82) is 0 Å². The Labute approximate surface area is 141 Å². The van der Waals surface area contributed by atoms with Crippen LogP contribution < -0.4 is 5.56 Å². The molecule has 2 aromatic rings. The van der Waals surface area contributed by atoms with Crippen LogP contribution in [0.5, 0.6) is 0 Å². The Bertz CT molecular complexity index is 787. The Kier molecular flexibility index (Phi) is 4.61. The fourth-order valence-corrected chi connectivity index (χ4v) is 4.22. The van der Waals surface area contributed by atoms with Crippen molar-refractivity contribution in [2.45, 2.75) is 16.5 Å². The summed E-state index contributed by atoms with van der Waals surface area (Å²) >= 11 is 8.66. The minimum Gasteiger partial charge on any atom is -0.293 e. The van der Waals surface area contributed by atoms with E-state index in [1.165, 1.54) is 16.3 Å². The minimum atomic E-state index is -0.0195. The van der Waals surface area contributed by atoms with Gasteiger partial charge in [-0.05, 0) is 24.3 Å². The second-order valence-electron chi connectivity index (χ2n) is 4.85. The molecule has 22 heavy (non-hydrogen) atoms. The average molecular weight is 353 g/mol. The number of aromatic nitrogens is 2. The third kappa shape index (κ3) is 3.09. The molecular formula is C15H13ClN2O2S2. The summed E-state index contributed by atoms with van der Waals surface area (Å²) in [6.07, 6.45) is 0.814. The second-order valence-corrected chi connectivity index (χ2v) is 7.34. The molecule has 114 valence electrons. The molecule has 0 atom stereocenters. The summed E-state index contributed by atoms with van der Waals surface area (Å²) in [7, 11) is 1.70. The number of thioether (sulfide) groups is 2. The van der Waals surface area contributed by atoms with Gasteiger partial charge in [0.2, 0.25) is 0 Å². The lowest BCUT2D eigenvalue weighted by Gasteiger charge is -2.08. The number of carbonyl (C=O) groups is 1. The van der Waals surface area contributed by atoms with Crippen molar-refractivity contribution >= 4 is 40.9 Å². The molecule has 7 heteroatoms. The first-order valence-corrected chi connectivity index (χ1v) is 9.05. The molecule has 0 saturated heterocycles. The van der Waals surface area contributed by atoms with Crippen LogP contribution in [0.4, 0.5) is 0 Å². The number of hydrogen-bond donors (Lipinski definition) is 0. The molecule has 1 aromatic carbocycles. The van der Waals surface area contributed by atoms with Crippen molar-refractivity contribution in [3.8, 4) is 0 Å². The predicted octanol–water partition coefficient (Wildman–Crippen LogP) is 3.06. The van der Waals surface area contributed by atoms with Gasteiger partial charge in [-0.3, -0.25) is 14.2 Å². The summed E-state index contributed by atoms with van der Waals surface area (Å²) in [5, 5.41) is 1.19. The number of rotatable bonds is 4. The lowest BCUT2D eigenvalue weighted by atomic mass is 10.1. The van der Waals surface area contributed by atoms with E-state index in [-0.39, 0.29) is 17.1 Å². The van der Waals surface area contributed by atoms with Gasteiger partial charge in [0.15, 0.2) is 10.9 Å². The molecule has 0 amide bonds. The highest BCUT2D eigenvalue weighted by atomic mass is 35.5. The molecule has 3 rings (SSSR count). The van der Waals surface area contributed by atoms with E-state index in [0.717, 1.165) is 22.8 Å². The van der Waals surface area contributed by atoms with Crippen molar-refractivity contribution < 1.29 is 4.79 Å². The van der Waals surface area contributed by atoms with E-state index >= 15 is 0 Å². The highest BCUT2D eigenvalue weighted by molar-refractivity contribution is 8.00. The lowest BCUT2D eigenvalue weighted by molar-refractivity contribution is 0.102. The summed E-state index contributed by atoms with van der Waals surface area (Å²) in [5.41, 5.74) is 1.45. The van der Waals surface area contributed by atoms with Crippen LogP contribution in [0.1, 0.15) is 16.1 Å². The maximum atomic E-state index is 12.2. The first kappa shape index (κ1) is 15.6. The van der Waals surface area contributed by atoms with E-state index in [9.17, 15) is 9.59 Å². The zero-order valence-electron chi connectivity index (χ0n) is 11.8. The maximum Gasteiger partial charge on any atom is 0.267 e. The molecule has 1 aromatic heterocycles. The van der Waals surface area contributed by atoms with Crippen molar-refractivity contribution in [3.05, 3.63) is 50.9 Å². The standard InChI is InChI=1S/C15H13ClN2O2S2/c1-18-14(20)13-11(6-7-21-13)17-15(18)22-8-12(19)9-2-4-10(16)5-3-9/h2-5H,6-8H2,1H3. The highest BCUT2D eigenvalue weighted by Crippen LogP contribution is 2.28. The number of ketones is 1. The fraction of sp³-hybridized carbons (Fsp3) is 0.267. The van der Waals surface area contributed by atoms with Crippen molar-refractivity contribution in [3.63, 3.8) is 0 Å². The molecule has 4 nitrogen and oxygen atoms in total. The summed E-state index contributed by atoms with van der Waals surface area (Å²) in [6.45, 7) is 0. The summed E-state index contributed by atoms with van der Waals surface area (Å²) in [6, 6.07) is 6.80. The van der Waals surface area contributed by atoms with Gasteiger partial charge >= 0.3 is 0 Å².